The Labute approximate surface area is 258 Å². The number of aliphatic hydroxyl groups is 2. The molecular formula is C36H66O6. The fraction of sp³-hybridized carbons (Fsp3) is 0.833. The number of rotatable bonds is 31. The van der Waals surface area contributed by atoms with Crippen LogP contribution in [0.1, 0.15) is 187 Å². The second-order valence-electron chi connectivity index (χ2n) is 12.1. The summed E-state index contributed by atoms with van der Waals surface area (Å²) in [7, 11) is 0. The summed E-state index contributed by atoms with van der Waals surface area (Å²) in [5.41, 5.74) is 0. The molecule has 0 atom stereocenters. The zero-order chi connectivity index (χ0) is 31.2. The summed E-state index contributed by atoms with van der Waals surface area (Å²) in [6, 6.07) is 0. The van der Waals surface area contributed by atoms with E-state index in [2.05, 4.69) is 26.0 Å². The molecule has 246 valence electrons. The lowest BCUT2D eigenvalue weighted by atomic mass is 10.0. The second kappa shape index (κ2) is 29.4. The van der Waals surface area contributed by atoms with Gasteiger partial charge in [0.2, 0.25) is 0 Å². The molecule has 0 rings (SSSR count). The van der Waals surface area contributed by atoms with E-state index in [0.29, 0.717) is 31.4 Å². The summed E-state index contributed by atoms with van der Waals surface area (Å²) in [6.07, 6.45) is 31.7. The first kappa shape index (κ1) is 40.3. The van der Waals surface area contributed by atoms with Crippen molar-refractivity contribution >= 4 is 11.9 Å². The van der Waals surface area contributed by atoms with Gasteiger partial charge in [0, 0.05) is 32.1 Å². The van der Waals surface area contributed by atoms with Crippen LogP contribution in [0.15, 0.2) is 24.0 Å². The summed E-state index contributed by atoms with van der Waals surface area (Å²) < 4.78 is 5.68. The first-order valence-corrected chi connectivity index (χ1v) is 17.5. The van der Waals surface area contributed by atoms with E-state index in [1.807, 2.05) is 0 Å². The molecule has 0 saturated heterocycles. The number of carbonyl (C=O) groups is 2. The van der Waals surface area contributed by atoms with Crippen LogP contribution >= 0.6 is 0 Å². The molecule has 0 amide bonds. The van der Waals surface area contributed by atoms with Gasteiger partial charge in [-0.25, -0.2) is 0 Å². The van der Waals surface area contributed by atoms with E-state index < -0.39 is 11.8 Å². The van der Waals surface area contributed by atoms with Gasteiger partial charge in [0.25, 0.3) is 0 Å². The van der Waals surface area contributed by atoms with E-state index in [1.165, 1.54) is 57.8 Å². The van der Waals surface area contributed by atoms with E-state index >= 15 is 0 Å². The highest BCUT2D eigenvalue weighted by Gasteiger charge is 2.21. The third kappa shape index (κ3) is 29.8. The van der Waals surface area contributed by atoms with Crippen LogP contribution in [0.3, 0.4) is 0 Å². The molecule has 0 aliphatic carbocycles. The minimum Gasteiger partial charge on any atom is -0.481 e. The van der Waals surface area contributed by atoms with Crippen molar-refractivity contribution in [2.24, 2.45) is 0 Å². The molecule has 0 aromatic rings. The number of carboxylic acid groups (broad SMARTS) is 1. The second-order valence-corrected chi connectivity index (χ2v) is 12.1. The number of hydrogen-bond donors (Lipinski definition) is 3. The van der Waals surface area contributed by atoms with Gasteiger partial charge >= 0.3 is 11.9 Å². The first-order chi connectivity index (χ1) is 20.3. The van der Waals surface area contributed by atoms with Crippen molar-refractivity contribution in [2.75, 3.05) is 0 Å². The molecule has 0 saturated carbocycles. The minimum atomic E-state index is -1.79. The Kier molecular flexibility index (Phi) is 28.3. The van der Waals surface area contributed by atoms with Crippen molar-refractivity contribution in [3.05, 3.63) is 24.0 Å². The van der Waals surface area contributed by atoms with Gasteiger partial charge in [0.05, 0.1) is 0 Å². The van der Waals surface area contributed by atoms with Gasteiger partial charge in [-0.05, 0) is 57.4 Å². The molecule has 0 bridgehead atoms. The highest BCUT2D eigenvalue weighted by Crippen LogP contribution is 2.21. The lowest BCUT2D eigenvalue weighted by molar-refractivity contribution is -0.164. The minimum absolute atomic E-state index is 0.0494. The van der Waals surface area contributed by atoms with Gasteiger partial charge in [0.15, 0.2) is 5.79 Å². The fourth-order valence-electron chi connectivity index (χ4n) is 5.05. The third-order valence-corrected chi connectivity index (χ3v) is 7.79. The number of carboxylic acids is 1. The lowest BCUT2D eigenvalue weighted by Gasteiger charge is -2.20. The third-order valence-electron chi connectivity index (χ3n) is 7.79. The van der Waals surface area contributed by atoms with Gasteiger partial charge in [-0.15, -0.1) is 0 Å². The number of allylic oxidation sites excluding steroid dienone is 3. The quantitative estimate of drug-likeness (QED) is 0.0242. The Morgan fingerprint density at radius 1 is 0.595 bits per heavy atom. The fourth-order valence-corrected chi connectivity index (χ4v) is 5.05. The summed E-state index contributed by atoms with van der Waals surface area (Å²) in [6.45, 7) is 4.38. The summed E-state index contributed by atoms with van der Waals surface area (Å²) >= 11 is 0. The predicted molar refractivity (Wildman–Crippen MR) is 174 cm³/mol. The van der Waals surface area contributed by atoms with Crippen molar-refractivity contribution in [1.82, 2.24) is 0 Å². The first-order valence-electron chi connectivity index (χ1n) is 17.5. The SMILES string of the molecule is CCCCCCCC/C=C\CCCCCCCC(=O)O/C(=C/CC(O)(O)CCCCCC)CCCCCCCC(=O)O. The van der Waals surface area contributed by atoms with E-state index in [9.17, 15) is 19.8 Å². The van der Waals surface area contributed by atoms with Crippen LogP contribution in [-0.2, 0) is 14.3 Å². The molecule has 0 fully saturated rings. The molecule has 0 unspecified atom stereocenters. The smallest absolute Gasteiger partial charge is 0.310 e. The summed E-state index contributed by atoms with van der Waals surface area (Å²) in [5.74, 6) is -2.26. The molecule has 6 heteroatoms. The van der Waals surface area contributed by atoms with E-state index in [1.54, 1.807) is 6.08 Å². The van der Waals surface area contributed by atoms with Crippen molar-refractivity contribution in [3.8, 4) is 0 Å². The molecule has 3 N–H and O–H groups in total. The molecule has 0 aromatic heterocycles. The Hall–Kier alpha value is -1.66. The number of hydrogen-bond acceptors (Lipinski definition) is 5. The van der Waals surface area contributed by atoms with Gasteiger partial charge in [0.1, 0.15) is 5.76 Å². The van der Waals surface area contributed by atoms with Crippen LogP contribution in [0.2, 0.25) is 0 Å². The van der Waals surface area contributed by atoms with Crippen molar-refractivity contribution in [3.63, 3.8) is 0 Å². The highest BCUT2D eigenvalue weighted by atomic mass is 16.5. The highest BCUT2D eigenvalue weighted by molar-refractivity contribution is 5.70. The van der Waals surface area contributed by atoms with Crippen molar-refractivity contribution in [1.29, 1.82) is 0 Å². The monoisotopic (exact) mass is 594 g/mol. The van der Waals surface area contributed by atoms with Gasteiger partial charge in [-0.1, -0.05) is 116 Å². The van der Waals surface area contributed by atoms with Crippen molar-refractivity contribution < 1.29 is 29.6 Å². The molecule has 42 heavy (non-hydrogen) atoms. The van der Waals surface area contributed by atoms with Crippen LogP contribution < -0.4 is 0 Å². The Balaban J connectivity index is 4.28. The molecule has 0 aliphatic rings. The zero-order valence-electron chi connectivity index (χ0n) is 27.4. The largest absolute Gasteiger partial charge is 0.481 e. The van der Waals surface area contributed by atoms with Crippen molar-refractivity contribution in [2.45, 2.75) is 193 Å². The average molecular weight is 595 g/mol. The summed E-state index contributed by atoms with van der Waals surface area (Å²) in [4.78, 5) is 23.2. The number of unbranched alkanes of at least 4 members (excludes halogenated alkanes) is 18. The number of carbonyl (C=O) groups excluding carboxylic acids is 1. The molecule has 6 nitrogen and oxygen atoms in total. The zero-order valence-corrected chi connectivity index (χ0v) is 27.4. The van der Waals surface area contributed by atoms with E-state index in [-0.39, 0.29) is 18.8 Å². The average Bonchev–Trinajstić information content (AvgIpc) is 2.95. The molecule has 0 heterocycles. The topological polar surface area (TPSA) is 104 Å². The molecule has 0 spiro atoms. The van der Waals surface area contributed by atoms with Crippen LogP contribution in [-0.4, -0.2) is 33.0 Å². The summed E-state index contributed by atoms with van der Waals surface area (Å²) in [5, 5.41) is 29.5. The normalized spacial score (nSPS) is 12.3. The van der Waals surface area contributed by atoms with Crippen LogP contribution in [0, 0.1) is 0 Å². The van der Waals surface area contributed by atoms with E-state index in [0.717, 1.165) is 77.0 Å². The maximum Gasteiger partial charge on any atom is 0.310 e. The predicted octanol–water partition coefficient (Wildman–Crippen LogP) is 10.3. The molecule has 0 aliphatic heterocycles. The van der Waals surface area contributed by atoms with Crippen LogP contribution in [0.5, 0.6) is 0 Å². The number of ether oxygens (including phenoxy) is 1. The van der Waals surface area contributed by atoms with Gasteiger partial charge in [-0.3, -0.25) is 9.59 Å². The van der Waals surface area contributed by atoms with Crippen LogP contribution in [0.4, 0.5) is 0 Å². The Morgan fingerprint density at radius 2 is 1.05 bits per heavy atom. The lowest BCUT2D eigenvalue weighted by Crippen LogP contribution is -2.27. The standard InChI is InChI=1S/C36H66O6/c1-3-5-7-9-10-11-12-13-14-15-16-17-18-22-25-29-35(39)42-33(27-23-20-19-21-24-28-34(37)38)30-32-36(40,41)31-26-8-6-4-2/h13-14,30,40-41H,3-12,15-29,31-32H2,1-2H3,(H,37,38)/b14-13-,33-30+. The molecule has 0 radical (unpaired) electrons. The maximum absolute atomic E-state index is 12.5. The maximum atomic E-state index is 12.5. The number of esters is 1. The molecular weight excluding hydrogens is 528 g/mol. The van der Waals surface area contributed by atoms with Gasteiger partial charge in [-0.2, -0.15) is 0 Å². The Morgan fingerprint density at radius 3 is 1.60 bits per heavy atom. The number of aliphatic carboxylic acids is 1. The molecule has 0 aromatic carbocycles. The van der Waals surface area contributed by atoms with Gasteiger partial charge < -0.3 is 20.1 Å². The van der Waals surface area contributed by atoms with E-state index in [4.69, 9.17) is 9.84 Å². The van der Waals surface area contributed by atoms with Crippen LogP contribution in [0.25, 0.3) is 0 Å². The Bertz CT molecular complexity index is 697.